The molecule has 57 heavy (non-hydrogen) atoms. The van der Waals surface area contributed by atoms with Crippen LogP contribution in [0.2, 0.25) is 0 Å². The summed E-state index contributed by atoms with van der Waals surface area (Å²) in [6, 6.07) is 70.8. The van der Waals surface area contributed by atoms with Crippen LogP contribution in [-0.4, -0.2) is 9.13 Å². The van der Waals surface area contributed by atoms with Crippen LogP contribution in [0.3, 0.4) is 0 Å². The third-order valence-corrected chi connectivity index (χ3v) is 12.3. The van der Waals surface area contributed by atoms with Gasteiger partial charge in [0.25, 0.3) is 0 Å². The Kier molecular flexibility index (Phi) is 6.16. The fourth-order valence-corrected chi connectivity index (χ4v) is 9.78. The monoisotopic (exact) mass is 724 g/mol. The summed E-state index contributed by atoms with van der Waals surface area (Å²) in [5, 5.41) is 14.9. The van der Waals surface area contributed by atoms with Gasteiger partial charge in [-0.1, -0.05) is 140 Å². The Morgan fingerprint density at radius 1 is 0.281 bits per heavy atom. The number of furan rings is 1. The highest BCUT2D eigenvalue weighted by molar-refractivity contribution is 6.26. The minimum absolute atomic E-state index is 0.899. The van der Waals surface area contributed by atoms with Crippen LogP contribution in [-0.2, 0) is 0 Å². The lowest BCUT2D eigenvalue weighted by atomic mass is 9.94. The van der Waals surface area contributed by atoms with Crippen molar-refractivity contribution in [1.82, 2.24) is 9.13 Å². The van der Waals surface area contributed by atoms with Crippen molar-refractivity contribution in [3.05, 3.63) is 194 Å². The molecule has 0 bridgehead atoms. The van der Waals surface area contributed by atoms with E-state index in [1.54, 1.807) is 0 Å². The molecule has 0 radical (unpaired) electrons. The molecule has 0 aliphatic heterocycles. The highest BCUT2D eigenvalue weighted by Gasteiger charge is 2.19. The van der Waals surface area contributed by atoms with E-state index in [0.717, 1.165) is 44.3 Å². The van der Waals surface area contributed by atoms with Gasteiger partial charge in [-0.25, -0.2) is 0 Å². The molecule has 10 aromatic carbocycles. The number of hydrogen-bond donors (Lipinski definition) is 0. The van der Waals surface area contributed by atoms with E-state index >= 15 is 0 Å². The summed E-state index contributed by atoms with van der Waals surface area (Å²) in [6.45, 7) is 0. The number of hydrogen-bond acceptors (Lipinski definition) is 1. The van der Waals surface area contributed by atoms with Crippen LogP contribution in [0.5, 0.6) is 0 Å². The second kappa shape index (κ2) is 11.5. The molecular weight excluding hydrogens is 693 g/mol. The van der Waals surface area contributed by atoms with E-state index in [0.29, 0.717) is 0 Å². The molecule has 3 heteroatoms. The molecule has 0 fully saturated rings. The Bertz CT molecular complexity index is 3780. The van der Waals surface area contributed by atoms with Gasteiger partial charge in [0.1, 0.15) is 5.58 Å². The van der Waals surface area contributed by atoms with Gasteiger partial charge in [-0.15, -0.1) is 0 Å². The summed E-state index contributed by atoms with van der Waals surface area (Å²) in [5.74, 6) is 0. The van der Waals surface area contributed by atoms with Gasteiger partial charge in [-0.2, -0.15) is 0 Å². The number of fused-ring (bicyclic) bond motifs is 15. The van der Waals surface area contributed by atoms with Crippen LogP contribution in [0.15, 0.2) is 199 Å². The first-order valence-electron chi connectivity index (χ1n) is 19.6. The van der Waals surface area contributed by atoms with E-state index in [4.69, 9.17) is 4.42 Å². The standard InChI is InChI=1S/C54H32N2O/c1-2-14-38-36(12-1)37-13-3-4-15-39(37)46-32-35(26-28-40(38)46)55-48-20-8-6-17-42(48)47-30-33(25-29-50(47)55)34-24-27-43-41-16-5-9-21-49(41)56(52(43)31-34)51-22-11-19-45-44-18-7-10-23-53(44)57-54(45)51/h1-32H. The van der Waals surface area contributed by atoms with Gasteiger partial charge in [0, 0.05) is 38.0 Å². The second-order valence-corrected chi connectivity index (χ2v) is 15.2. The maximum absolute atomic E-state index is 6.59. The molecule has 0 unspecified atom stereocenters. The molecule has 0 saturated heterocycles. The molecule has 0 N–H and O–H groups in total. The van der Waals surface area contributed by atoms with Gasteiger partial charge in [0.2, 0.25) is 0 Å². The minimum atomic E-state index is 0.899. The third-order valence-electron chi connectivity index (χ3n) is 12.3. The van der Waals surface area contributed by atoms with Crippen molar-refractivity contribution in [2.75, 3.05) is 0 Å². The predicted octanol–water partition coefficient (Wildman–Crippen LogP) is 14.9. The van der Waals surface area contributed by atoms with E-state index in [1.165, 1.54) is 76.0 Å². The number of benzene rings is 10. The molecule has 13 aromatic rings. The SMILES string of the molecule is c1ccc2c(c1)oc1c(-n3c4ccccc4c4ccc(-c5ccc6c(c5)c5ccccc5n6-c5ccc6c7ccccc7c7ccccc7c6c5)cc43)cccc12. The van der Waals surface area contributed by atoms with E-state index in [9.17, 15) is 0 Å². The first kappa shape index (κ1) is 30.7. The second-order valence-electron chi connectivity index (χ2n) is 15.2. The zero-order valence-corrected chi connectivity index (χ0v) is 30.8. The Hall–Kier alpha value is -7.62. The Balaban J connectivity index is 1.02. The number of para-hydroxylation sites is 4. The quantitative estimate of drug-likeness (QED) is 0.166. The molecule has 3 aromatic heterocycles. The fourth-order valence-electron chi connectivity index (χ4n) is 9.78. The van der Waals surface area contributed by atoms with Crippen molar-refractivity contribution in [3.8, 4) is 22.5 Å². The zero-order chi connectivity index (χ0) is 37.2. The fraction of sp³-hybridized carbons (Fsp3) is 0. The predicted molar refractivity (Wildman–Crippen MR) is 240 cm³/mol. The van der Waals surface area contributed by atoms with Crippen molar-refractivity contribution in [2.45, 2.75) is 0 Å². The summed E-state index contributed by atoms with van der Waals surface area (Å²) >= 11 is 0. The van der Waals surface area contributed by atoms with Crippen LogP contribution in [0, 0.1) is 0 Å². The van der Waals surface area contributed by atoms with Gasteiger partial charge < -0.3 is 13.6 Å². The summed E-state index contributed by atoms with van der Waals surface area (Å²) in [5.41, 5.74) is 11.1. The van der Waals surface area contributed by atoms with Gasteiger partial charge >= 0.3 is 0 Å². The van der Waals surface area contributed by atoms with Crippen LogP contribution < -0.4 is 0 Å². The normalized spacial score (nSPS) is 12.2. The maximum atomic E-state index is 6.59. The van der Waals surface area contributed by atoms with Gasteiger partial charge in [-0.05, 0) is 98.0 Å². The van der Waals surface area contributed by atoms with Crippen molar-refractivity contribution < 1.29 is 4.42 Å². The van der Waals surface area contributed by atoms with Crippen LogP contribution in [0.1, 0.15) is 0 Å². The minimum Gasteiger partial charge on any atom is -0.454 e. The van der Waals surface area contributed by atoms with E-state index in [-0.39, 0.29) is 0 Å². The summed E-state index contributed by atoms with van der Waals surface area (Å²) in [6.07, 6.45) is 0. The van der Waals surface area contributed by atoms with Crippen LogP contribution >= 0.6 is 0 Å². The molecule has 0 aliphatic rings. The third kappa shape index (κ3) is 4.26. The molecule has 3 heterocycles. The molecule has 0 aliphatic carbocycles. The van der Waals surface area contributed by atoms with E-state index < -0.39 is 0 Å². The molecule has 3 nitrogen and oxygen atoms in total. The van der Waals surface area contributed by atoms with Gasteiger partial charge in [0.15, 0.2) is 5.58 Å². The Morgan fingerprint density at radius 2 is 0.789 bits per heavy atom. The molecule has 13 rings (SSSR count). The van der Waals surface area contributed by atoms with Crippen molar-refractivity contribution >= 4 is 97.9 Å². The van der Waals surface area contributed by atoms with Crippen molar-refractivity contribution in [2.24, 2.45) is 0 Å². The number of aromatic nitrogens is 2. The first-order valence-corrected chi connectivity index (χ1v) is 19.6. The highest BCUT2D eigenvalue weighted by Crippen LogP contribution is 2.42. The lowest BCUT2D eigenvalue weighted by molar-refractivity contribution is 0.666. The van der Waals surface area contributed by atoms with Crippen LogP contribution in [0.25, 0.3) is 120 Å². The average molecular weight is 725 g/mol. The largest absolute Gasteiger partial charge is 0.454 e. The molecule has 0 spiro atoms. The number of nitrogens with zero attached hydrogens (tertiary/aromatic N) is 2. The summed E-state index contributed by atoms with van der Waals surface area (Å²) in [4.78, 5) is 0. The summed E-state index contributed by atoms with van der Waals surface area (Å²) < 4.78 is 11.4. The van der Waals surface area contributed by atoms with E-state index in [1.807, 2.05) is 6.07 Å². The lowest BCUT2D eigenvalue weighted by Gasteiger charge is -2.14. The highest BCUT2D eigenvalue weighted by atomic mass is 16.3. The molecule has 264 valence electrons. The van der Waals surface area contributed by atoms with Gasteiger partial charge in [0.05, 0.1) is 27.8 Å². The van der Waals surface area contributed by atoms with Crippen molar-refractivity contribution in [3.63, 3.8) is 0 Å². The Morgan fingerprint density at radius 3 is 1.54 bits per heavy atom. The molecule has 0 atom stereocenters. The van der Waals surface area contributed by atoms with Gasteiger partial charge in [-0.3, -0.25) is 0 Å². The molecular formula is C54H32N2O. The Labute approximate surface area is 326 Å². The van der Waals surface area contributed by atoms with Crippen molar-refractivity contribution in [1.29, 1.82) is 0 Å². The average Bonchev–Trinajstić information content (AvgIpc) is 3.94. The van der Waals surface area contributed by atoms with Crippen LogP contribution in [0.4, 0.5) is 0 Å². The van der Waals surface area contributed by atoms with E-state index in [2.05, 4.69) is 197 Å². The molecule has 0 saturated carbocycles. The summed E-state index contributed by atoms with van der Waals surface area (Å²) in [7, 11) is 0. The zero-order valence-electron chi connectivity index (χ0n) is 30.8. The topological polar surface area (TPSA) is 23.0 Å². The number of rotatable bonds is 3. The first-order chi connectivity index (χ1) is 28.3. The smallest absolute Gasteiger partial charge is 0.159 e. The maximum Gasteiger partial charge on any atom is 0.159 e. The lowest BCUT2D eigenvalue weighted by Crippen LogP contribution is -1.95. The molecule has 0 amide bonds.